The van der Waals surface area contributed by atoms with Gasteiger partial charge in [-0.15, -0.1) is 0 Å². The van der Waals surface area contributed by atoms with Gasteiger partial charge in [0, 0.05) is 25.9 Å². The van der Waals surface area contributed by atoms with Crippen LogP contribution in [-0.2, 0) is 4.74 Å². The van der Waals surface area contributed by atoms with Gasteiger partial charge in [0.1, 0.15) is 18.5 Å². The summed E-state index contributed by atoms with van der Waals surface area (Å²) in [5, 5.41) is 7.90. The van der Waals surface area contributed by atoms with Gasteiger partial charge in [-0.25, -0.2) is 14.6 Å². The molecule has 2 saturated heterocycles. The summed E-state index contributed by atoms with van der Waals surface area (Å²) < 4.78 is 7.94. The van der Waals surface area contributed by atoms with Crippen molar-refractivity contribution in [1.29, 1.82) is 0 Å². The number of ether oxygens (including phenoxy) is 1. The number of nitrogens with zero attached hydrogens (tertiary/aromatic N) is 6. The summed E-state index contributed by atoms with van der Waals surface area (Å²) in [6.45, 7) is 7.11. The molecule has 0 saturated carbocycles. The molecule has 4 heterocycles. The number of nitrogens with one attached hydrogen (secondary N) is 1. The number of aromatic nitrogens is 5. The van der Waals surface area contributed by atoms with Crippen LogP contribution in [0.5, 0.6) is 0 Å². The Morgan fingerprint density at radius 3 is 3.00 bits per heavy atom. The van der Waals surface area contributed by atoms with Gasteiger partial charge in [-0.3, -0.25) is 0 Å². The fraction of sp³-hybridized carbons (Fsp3) is 0.684. The molecule has 0 bridgehead atoms. The van der Waals surface area contributed by atoms with Crippen molar-refractivity contribution >= 4 is 11.8 Å². The van der Waals surface area contributed by atoms with Crippen molar-refractivity contribution in [2.24, 2.45) is 5.92 Å². The molecule has 2 aliphatic rings. The molecular formula is C19H29N7O. The Morgan fingerprint density at radius 1 is 1.26 bits per heavy atom. The van der Waals surface area contributed by atoms with Crippen molar-refractivity contribution in [3.8, 4) is 0 Å². The molecule has 0 aliphatic carbocycles. The first-order valence-electron chi connectivity index (χ1n) is 10.0. The molecule has 2 fully saturated rings. The minimum atomic E-state index is 0.226. The van der Waals surface area contributed by atoms with E-state index < -0.39 is 0 Å². The van der Waals surface area contributed by atoms with E-state index in [1.165, 1.54) is 0 Å². The van der Waals surface area contributed by atoms with E-state index in [-0.39, 0.29) is 6.10 Å². The zero-order chi connectivity index (χ0) is 18.6. The van der Waals surface area contributed by atoms with E-state index >= 15 is 0 Å². The van der Waals surface area contributed by atoms with Gasteiger partial charge in [0.15, 0.2) is 0 Å². The molecule has 146 valence electrons. The minimum Gasteiger partial charge on any atom is -0.376 e. The van der Waals surface area contributed by atoms with E-state index in [4.69, 9.17) is 9.72 Å². The molecule has 2 aromatic heterocycles. The van der Waals surface area contributed by atoms with Gasteiger partial charge < -0.3 is 15.0 Å². The quantitative estimate of drug-likeness (QED) is 0.865. The highest BCUT2D eigenvalue weighted by atomic mass is 16.5. The van der Waals surface area contributed by atoms with Crippen molar-refractivity contribution in [2.45, 2.75) is 57.7 Å². The number of hydrogen-bond acceptors (Lipinski definition) is 7. The molecule has 2 aromatic rings. The normalized spacial score (nSPS) is 26.3. The Balaban J connectivity index is 1.45. The molecule has 3 atom stereocenters. The first-order valence-corrected chi connectivity index (χ1v) is 10.0. The van der Waals surface area contributed by atoms with Crippen LogP contribution in [0, 0.1) is 5.92 Å². The highest BCUT2D eigenvalue weighted by Gasteiger charge is 2.29. The third kappa shape index (κ3) is 4.21. The van der Waals surface area contributed by atoms with Crippen LogP contribution in [0.15, 0.2) is 24.9 Å². The lowest BCUT2D eigenvalue weighted by Gasteiger charge is -2.35. The predicted molar refractivity (Wildman–Crippen MR) is 104 cm³/mol. The maximum Gasteiger partial charge on any atom is 0.227 e. The summed E-state index contributed by atoms with van der Waals surface area (Å²) in [5.41, 5.74) is 0. The van der Waals surface area contributed by atoms with Crippen LogP contribution in [-0.4, -0.2) is 56.6 Å². The predicted octanol–water partition coefficient (Wildman–Crippen LogP) is 2.53. The van der Waals surface area contributed by atoms with E-state index in [0.717, 1.165) is 57.1 Å². The minimum absolute atomic E-state index is 0.226. The van der Waals surface area contributed by atoms with Gasteiger partial charge in [-0.05, 0) is 37.7 Å². The lowest BCUT2D eigenvalue weighted by molar-refractivity contribution is -0.0203. The molecule has 4 rings (SSSR count). The Kier molecular flexibility index (Phi) is 5.52. The fourth-order valence-corrected chi connectivity index (χ4v) is 4.14. The molecule has 27 heavy (non-hydrogen) atoms. The van der Waals surface area contributed by atoms with Crippen LogP contribution < -0.4 is 10.2 Å². The zero-order valence-corrected chi connectivity index (χ0v) is 16.2. The molecule has 0 radical (unpaired) electrons. The molecule has 1 N–H and O–H groups in total. The molecule has 8 heteroatoms. The van der Waals surface area contributed by atoms with E-state index in [9.17, 15) is 0 Å². The van der Waals surface area contributed by atoms with Gasteiger partial charge in [0.2, 0.25) is 5.95 Å². The topological polar surface area (TPSA) is 81.0 Å². The SMILES string of the molecule is CC(C)[C@@H]1OCCC[C@@H]1Nc1ccnc(N2CCC[C@@H](n3cncn3)C2)n1. The highest BCUT2D eigenvalue weighted by molar-refractivity contribution is 5.42. The summed E-state index contributed by atoms with van der Waals surface area (Å²) in [6, 6.07) is 2.57. The Hall–Kier alpha value is -2.22. The van der Waals surface area contributed by atoms with E-state index in [1.807, 2.05) is 16.9 Å². The number of hydrogen-bond donors (Lipinski definition) is 1. The Bertz CT molecular complexity index is 721. The molecular weight excluding hydrogens is 342 g/mol. The van der Waals surface area contributed by atoms with Crippen LogP contribution in [0.1, 0.15) is 45.6 Å². The molecule has 0 amide bonds. The van der Waals surface area contributed by atoms with Crippen molar-refractivity contribution in [2.75, 3.05) is 29.9 Å². The third-order valence-corrected chi connectivity index (χ3v) is 5.49. The van der Waals surface area contributed by atoms with Crippen molar-refractivity contribution in [1.82, 2.24) is 24.7 Å². The van der Waals surface area contributed by atoms with Crippen LogP contribution in [0.4, 0.5) is 11.8 Å². The fourth-order valence-electron chi connectivity index (χ4n) is 4.14. The van der Waals surface area contributed by atoms with Gasteiger partial charge in [-0.2, -0.15) is 10.1 Å². The monoisotopic (exact) mass is 371 g/mol. The highest BCUT2D eigenvalue weighted by Crippen LogP contribution is 2.26. The maximum atomic E-state index is 5.99. The number of anilines is 2. The summed E-state index contributed by atoms with van der Waals surface area (Å²) in [5.74, 6) is 2.14. The second-order valence-electron chi connectivity index (χ2n) is 7.83. The summed E-state index contributed by atoms with van der Waals surface area (Å²) in [7, 11) is 0. The summed E-state index contributed by atoms with van der Waals surface area (Å²) in [4.78, 5) is 15.7. The van der Waals surface area contributed by atoms with Crippen LogP contribution in [0.25, 0.3) is 0 Å². The molecule has 0 unspecified atom stereocenters. The van der Waals surface area contributed by atoms with E-state index in [1.54, 1.807) is 12.7 Å². The summed E-state index contributed by atoms with van der Waals surface area (Å²) in [6.07, 6.45) is 9.86. The zero-order valence-electron chi connectivity index (χ0n) is 16.2. The second kappa shape index (κ2) is 8.21. The van der Waals surface area contributed by atoms with Crippen LogP contribution in [0.2, 0.25) is 0 Å². The van der Waals surface area contributed by atoms with E-state index in [2.05, 4.69) is 39.1 Å². The molecule has 0 spiro atoms. The van der Waals surface area contributed by atoms with Gasteiger partial charge in [0.05, 0.1) is 18.2 Å². The maximum absolute atomic E-state index is 5.99. The average Bonchev–Trinajstić information content (AvgIpc) is 3.23. The number of rotatable bonds is 5. The van der Waals surface area contributed by atoms with Gasteiger partial charge >= 0.3 is 0 Å². The van der Waals surface area contributed by atoms with E-state index in [0.29, 0.717) is 18.0 Å². The number of piperidine rings is 1. The van der Waals surface area contributed by atoms with Gasteiger partial charge in [-0.1, -0.05) is 13.8 Å². The molecule has 2 aliphatic heterocycles. The van der Waals surface area contributed by atoms with Crippen molar-refractivity contribution < 1.29 is 4.74 Å². The van der Waals surface area contributed by atoms with Crippen LogP contribution in [0.3, 0.4) is 0 Å². The average molecular weight is 371 g/mol. The molecule has 8 nitrogen and oxygen atoms in total. The smallest absolute Gasteiger partial charge is 0.227 e. The standard InChI is InChI=1S/C19H29N7O/c1-14(2)18-16(6-4-10-27-18)23-17-7-8-21-19(24-17)25-9-3-5-15(11-25)26-13-20-12-22-26/h7-8,12-16,18H,3-6,9-11H2,1-2H3,(H,21,23,24)/t15-,16+,18+/m1/s1. The second-order valence-corrected chi connectivity index (χ2v) is 7.83. The first-order chi connectivity index (χ1) is 13.2. The van der Waals surface area contributed by atoms with Crippen LogP contribution >= 0.6 is 0 Å². The summed E-state index contributed by atoms with van der Waals surface area (Å²) >= 11 is 0. The largest absolute Gasteiger partial charge is 0.376 e. The van der Waals surface area contributed by atoms with Crippen molar-refractivity contribution in [3.63, 3.8) is 0 Å². The first kappa shape index (κ1) is 18.2. The third-order valence-electron chi connectivity index (χ3n) is 5.49. The lowest BCUT2D eigenvalue weighted by Crippen LogP contribution is -2.43. The van der Waals surface area contributed by atoms with Crippen molar-refractivity contribution in [3.05, 3.63) is 24.9 Å². The molecule has 0 aromatic carbocycles. The lowest BCUT2D eigenvalue weighted by atomic mass is 9.94. The Labute approximate surface area is 160 Å². The Morgan fingerprint density at radius 2 is 2.19 bits per heavy atom. The van der Waals surface area contributed by atoms with Gasteiger partial charge in [0.25, 0.3) is 0 Å².